The largest absolute Gasteiger partial charge is 0.391 e. The molecule has 1 aliphatic rings. The SMILES string of the molecule is CCCCCOC(C(C)O)C1CCCCC1. The van der Waals surface area contributed by atoms with E-state index in [2.05, 4.69) is 6.92 Å². The first kappa shape index (κ1) is 14.0. The van der Waals surface area contributed by atoms with Crippen LogP contribution in [0.4, 0.5) is 0 Å². The van der Waals surface area contributed by atoms with E-state index in [-0.39, 0.29) is 12.2 Å². The fourth-order valence-electron chi connectivity index (χ4n) is 2.70. The van der Waals surface area contributed by atoms with Gasteiger partial charge in [-0.1, -0.05) is 39.0 Å². The van der Waals surface area contributed by atoms with Gasteiger partial charge >= 0.3 is 0 Å². The van der Waals surface area contributed by atoms with Gasteiger partial charge < -0.3 is 9.84 Å². The van der Waals surface area contributed by atoms with Crippen molar-refractivity contribution in [2.75, 3.05) is 6.61 Å². The van der Waals surface area contributed by atoms with E-state index in [9.17, 15) is 5.11 Å². The fourth-order valence-corrected chi connectivity index (χ4v) is 2.70. The molecule has 2 heteroatoms. The molecule has 0 aliphatic heterocycles. The molecule has 0 radical (unpaired) electrons. The van der Waals surface area contributed by atoms with Gasteiger partial charge in [0.15, 0.2) is 0 Å². The first-order chi connectivity index (χ1) is 7.75. The van der Waals surface area contributed by atoms with Crippen molar-refractivity contribution in [3.63, 3.8) is 0 Å². The van der Waals surface area contributed by atoms with Crippen LogP contribution in [0.25, 0.3) is 0 Å². The van der Waals surface area contributed by atoms with Crippen molar-refractivity contribution in [2.24, 2.45) is 5.92 Å². The lowest BCUT2D eigenvalue weighted by Crippen LogP contribution is -2.35. The lowest BCUT2D eigenvalue weighted by Gasteiger charge is -2.32. The van der Waals surface area contributed by atoms with Crippen LogP contribution in [0.2, 0.25) is 0 Å². The van der Waals surface area contributed by atoms with Crippen molar-refractivity contribution in [1.29, 1.82) is 0 Å². The number of aliphatic hydroxyl groups excluding tert-OH is 1. The molecule has 0 amide bonds. The molecular weight excluding hydrogens is 200 g/mol. The van der Waals surface area contributed by atoms with Gasteiger partial charge in [0.25, 0.3) is 0 Å². The van der Waals surface area contributed by atoms with Gasteiger partial charge in [0.2, 0.25) is 0 Å². The van der Waals surface area contributed by atoms with Gasteiger partial charge in [-0.3, -0.25) is 0 Å². The molecule has 0 heterocycles. The van der Waals surface area contributed by atoms with E-state index in [4.69, 9.17) is 4.74 Å². The lowest BCUT2D eigenvalue weighted by atomic mass is 9.83. The van der Waals surface area contributed by atoms with E-state index in [1.165, 1.54) is 44.9 Å². The third kappa shape index (κ3) is 4.84. The highest BCUT2D eigenvalue weighted by Gasteiger charge is 2.27. The first-order valence-corrected chi connectivity index (χ1v) is 7.05. The fraction of sp³-hybridized carbons (Fsp3) is 1.00. The normalized spacial score (nSPS) is 21.9. The van der Waals surface area contributed by atoms with Crippen LogP contribution >= 0.6 is 0 Å². The van der Waals surface area contributed by atoms with E-state index in [0.717, 1.165) is 13.0 Å². The highest BCUT2D eigenvalue weighted by Crippen LogP contribution is 2.29. The van der Waals surface area contributed by atoms with Gasteiger partial charge in [0, 0.05) is 6.61 Å². The molecule has 2 nitrogen and oxygen atoms in total. The number of rotatable bonds is 7. The predicted octanol–water partition coefficient (Wildman–Crippen LogP) is 3.52. The molecule has 1 fully saturated rings. The van der Waals surface area contributed by atoms with Crippen molar-refractivity contribution in [3.8, 4) is 0 Å². The van der Waals surface area contributed by atoms with Crippen LogP contribution in [0.5, 0.6) is 0 Å². The van der Waals surface area contributed by atoms with E-state index in [1.54, 1.807) is 0 Å². The quantitative estimate of drug-likeness (QED) is 0.676. The van der Waals surface area contributed by atoms with Crippen molar-refractivity contribution < 1.29 is 9.84 Å². The molecule has 1 saturated carbocycles. The number of ether oxygens (including phenoxy) is 1. The molecule has 2 unspecified atom stereocenters. The highest BCUT2D eigenvalue weighted by molar-refractivity contribution is 4.78. The first-order valence-electron chi connectivity index (χ1n) is 7.05. The Morgan fingerprint density at radius 1 is 1.19 bits per heavy atom. The van der Waals surface area contributed by atoms with E-state index in [1.807, 2.05) is 6.92 Å². The molecule has 2 atom stereocenters. The minimum atomic E-state index is -0.315. The summed E-state index contributed by atoms with van der Waals surface area (Å²) < 4.78 is 5.90. The second kappa shape index (κ2) is 8.08. The summed E-state index contributed by atoms with van der Waals surface area (Å²) in [6, 6.07) is 0. The smallest absolute Gasteiger partial charge is 0.0859 e. The highest BCUT2D eigenvalue weighted by atomic mass is 16.5. The second-order valence-electron chi connectivity index (χ2n) is 5.18. The Kier molecular flexibility index (Phi) is 7.06. The average Bonchev–Trinajstić information content (AvgIpc) is 2.30. The lowest BCUT2D eigenvalue weighted by molar-refractivity contribution is -0.0701. The topological polar surface area (TPSA) is 29.5 Å². The Morgan fingerprint density at radius 2 is 1.88 bits per heavy atom. The summed E-state index contributed by atoms with van der Waals surface area (Å²) in [5, 5.41) is 9.80. The van der Waals surface area contributed by atoms with Gasteiger partial charge in [0.1, 0.15) is 0 Å². The monoisotopic (exact) mass is 228 g/mol. The maximum atomic E-state index is 9.80. The molecule has 0 bridgehead atoms. The molecular formula is C14H28O2. The summed E-state index contributed by atoms with van der Waals surface area (Å²) in [6.07, 6.45) is 9.82. The zero-order valence-corrected chi connectivity index (χ0v) is 11.0. The Morgan fingerprint density at radius 3 is 2.44 bits per heavy atom. The van der Waals surface area contributed by atoms with Gasteiger partial charge in [-0.2, -0.15) is 0 Å². The van der Waals surface area contributed by atoms with E-state index >= 15 is 0 Å². The van der Waals surface area contributed by atoms with Crippen LogP contribution in [0.1, 0.15) is 65.2 Å². The summed E-state index contributed by atoms with van der Waals surface area (Å²) in [6.45, 7) is 4.90. The summed E-state index contributed by atoms with van der Waals surface area (Å²) in [5.74, 6) is 0.593. The second-order valence-corrected chi connectivity index (χ2v) is 5.18. The molecule has 0 aromatic carbocycles. The van der Waals surface area contributed by atoms with Crippen LogP contribution in [0.15, 0.2) is 0 Å². The maximum absolute atomic E-state index is 9.80. The summed E-state index contributed by atoms with van der Waals surface area (Å²) in [4.78, 5) is 0. The maximum Gasteiger partial charge on any atom is 0.0859 e. The van der Waals surface area contributed by atoms with Gasteiger partial charge in [-0.15, -0.1) is 0 Å². The molecule has 1 aliphatic carbocycles. The third-order valence-corrected chi connectivity index (χ3v) is 3.65. The third-order valence-electron chi connectivity index (χ3n) is 3.65. The number of hydrogen-bond donors (Lipinski definition) is 1. The Labute approximate surface area is 100 Å². The molecule has 1 rings (SSSR count). The van der Waals surface area contributed by atoms with Crippen LogP contribution in [0, 0.1) is 5.92 Å². The Balaban J connectivity index is 2.28. The van der Waals surface area contributed by atoms with E-state index < -0.39 is 0 Å². The molecule has 0 saturated heterocycles. The number of unbranched alkanes of at least 4 members (excludes halogenated alkanes) is 2. The molecule has 96 valence electrons. The van der Waals surface area contributed by atoms with Crippen LogP contribution < -0.4 is 0 Å². The van der Waals surface area contributed by atoms with E-state index in [0.29, 0.717) is 5.92 Å². The summed E-state index contributed by atoms with van der Waals surface area (Å²) in [5.41, 5.74) is 0. The zero-order valence-electron chi connectivity index (χ0n) is 11.0. The number of aliphatic hydroxyl groups is 1. The van der Waals surface area contributed by atoms with Crippen molar-refractivity contribution in [3.05, 3.63) is 0 Å². The number of hydrogen-bond acceptors (Lipinski definition) is 2. The molecule has 0 spiro atoms. The van der Waals surface area contributed by atoms with Crippen molar-refractivity contribution in [1.82, 2.24) is 0 Å². The molecule has 1 N–H and O–H groups in total. The molecule has 0 aromatic rings. The standard InChI is InChI=1S/C14H28O2/c1-3-4-8-11-16-14(12(2)15)13-9-6-5-7-10-13/h12-15H,3-11H2,1-2H3. The molecule has 0 aromatic heterocycles. The van der Waals surface area contributed by atoms with Gasteiger partial charge in [-0.05, 0) is 32.1 Å². The summed E-state index contributed by atoms with van der Waals surface area (Å²) >= 11 is 0. The molecule has 16 heavy (non-hydrogen) atoms. The Hall–Kier alpha value is -0.0800. The van der Waals surface area contributed by atoms with Gasteiger partial charge in [-0.25, -0.2) is 0 Å². The van der Waals surface area contributed by atoms with Crippen molar-refractivity contribution in [2.45, 2.75) is 77.4 Å². The minimum absolute atomic E-state index is 0.0807. The van der Waals surface area contributed by atoms with Crippen LogP contribution in [0.3, 0.4) is 0 Å². The Bertz CT molecular complexity index is 162. The van der Waals surface area contributed by atoms with Gasteiger partial charge in [0.05, 0.1) is 12.2 Å². The average molecular weight is 228 g/mol. The summed E-state index contributed by atoms with van der Waals surface area (Å²) in [7, 11) is 0. The van der Waals surface area contributed by atoms with Crippen molar-refractivity contribution >= 4 is 0 Å². The minimum Gasteiger partial charge on any atom is -0.391 e. The zero-order chi connectivity index (χ0) is 11.8. The van der Waals surface area contributed by atoms with Crippen LogP contribution in [-0.4, -0.2) is 23.9 Å². The predicted molar refractivity (Wildman–Crippen MR) is 67.5 cm³/mol. The van der Waals surface area contributed by atoms with Crippen LogP contribution in [-0.2, 0) is 4.74 Å².